The monoisotopic (exact) mass is 261 g/mol. The Morgan fingerprint density at radius 2 is 2.21 bits per heavy atom. The lowest BCUT2D eigenvalue weighted by Crippen LogP contribution is -2.23. The van der Waals surface area contributed by atoms with Crippen LogP contribution in [0.1, 0.15) is 36.1 Å². The van der Waals surface area contributed by atoms with Crippen molar-refractivity contribution in [2.24, 2.45) is 7.05 Å². The van der Waals surface area contributed by atoms with Crippen molar-refractivity contribution in [1.82, 2.24) is 15.1 Å². The molecule has 102 valence electrons. The summed E-state index contributed by atoms with van der Waals surface area (Å²) in [4.78, 5) is 0. The van der Waals surface area contributed by atoms with E-state index in [2.05, 4.69) is 17.3 Å². The molecule has 4 heteroatoms. The van der Waals surface area contributed by atoms with Crippen LogP contribution >= 0.6 is 0 Å². The summed E-state index contributed by atoms with van der Waals surface area (Å²) in [6.07, 6.45) is 4.91. The second-order valence-corrected chi connectivity index (χ2v) is 4.84. The highest BCUT2D eigenvalue weighted by atomic mass is 19.1. The molecule has 0 saturated heterocycles. The van der Waals surface area contributed by atoms with Crippen molar-refractivity contribution < 1.29 is 4.39 Å². The fraction of sp³-hybridized carbons (Fsp3) is 0.400. The first-order valence-corrected chi connectivity index (χ1v) is 6.59. The Hall–Kier alpha value is -1.68. The van der Waals surface area contributed by atoms with Gasteiger partial charge in [-0.05, 0) is 43.1 Å². The number of nitrogens with one attached hydrogen (secondary N) is 1. The molecule has 3 nitrogen and oxygen atoms in total. The van der Waals surface area contributed by atoms with Crippen LogP contribution in [-0.2, 0) is 7.05 Å². The van der Waals surface area contributed by atoms with E-state index in [1.807, 2.05) is 32.4 Å². The molecule has 19 heavy (non-hydrogen) atoms. The molecule has 0 aliphatic rings. The molecule has 0 spiro atoms. The summed E-state index contributed by atoms with van der Waals surface area (Å²) >= 11 is 0. The van der Waals surface area contributed by atoms with E-state index in [4.69, 9.17) is 0 Å². The summed E-state index contributed by atoms with van der Waals surface area (Å²) in [7, 11) is 1.90. The first-order valence-electron chi connectivity index (χ1n) is 6.59. The number of hydrogen-bond donors (Lipinski definition) is 1. The van der Waals surface area contributed by atoms with Gasteiger partial charge in [0.1, 0.15) is 5.82 Å². The number of halogens is 1. The fourth-order valence-electron chi connectivity index (χ4n) is 2.25. The van der Waals surface area contributed by atoms with Crippen molar-refractivity contribution in [3.63, 3.8) is 0 Å². The summed E-state index contributed by atoms with van der Waals surface area (Å²) in [5.74, 6) is -0.193. The van der Waals surface area contributed by atoms with Gasteiger partial charge >= 0.3 is 0 Å². The van der Waals surface area contributed by atoms with E-state index >= 15 is 0 Å². The smallest absolute Gasteiger partial charge is 0.123 e. The molecule has 0 amide bonds. The molecule has 1 unspecified atom stereocenters. The Morgan fingerprint density at radius 3 is 2.79 bits per heavy atom. The van der Waals surface area contributed by atoms with E-state index in [9.17, 15) is 4.39 Å². The van der Waals surface area contributed by atoms with Crippen molar-refractivity contribution >= 4 is 0 Å². The zero-order chi connectivity index (χ0) is 13.8. The van der Waals surface area contributed by atoms with Gasteiger partial charge in [0.2, 0.25) is 0 Å². The van der Waals surface area contributed by atoms with Crippen molar-refractivity contribution in [1.29, 1.82) is 0 Å². The SMILES string of the molecule is CCCNC(c1cnn(C)c1)c1ccc(F)cc1C. The van der Waals surface area contributed by atoms with Crippen molar-refractivity contribution in [2.45, 2.75) is 26.3 Å². The summed E-state index contributed by atoms with van der Waals surface area (Å²) < 4.78 is 15.0. The molecule has 0 bridgehead atoms. The molecule has 1 aromatic heterocycles. The van der Waals surface area contributed by atoms with Crippen LogP contribution in [0, 0.1) is 12.7 Å². The van der Waals surface area contributed by atoms with Gasteiger partial charge in [-0.25, -0.2) is 4.39 Å². The molecule has 1 heterocycles. The molecule has 1 aromatic carbocycles. The lowest BCUT2D eigenvalue weighted by atomic mass is 9.97. The molecule has 1 N–H and O–H groups in total. The van der Waals surface area contributed by atoms with Crippen molar-refractivity contribution in [2.75, 3.05) is 6.54 Å². The van der Waals surface area contributed by atoms with Crippen LogP contribution in [0.2, 0.25) is 0 Å². The number of aromatic nitrogens is 2. The standard InChI is InChI=1S/C15H20FN3/c1-4-7-17-15(12-9-18-19(3)10-12)14-6-5-13(16)8-11(14)2/h5-6,8-10,15,17H,4,7H2,1-3H3. The number of nitrogens with zero attached hydrogens (tertiary/aromatic N) is 2. The van der Waals surface area contributed by atoms with Gasteiger partial charge in [0, 0.05) is 18.8 Å². The van der Waals surface area contributed by atoms with E-state index in [1.54, 1.807) is 10.7 Å². The number of rotatable bonds is 5. The van der Waals surface area contributed by atoms with Gasteiger partial charge in [-0.1, -0.05) is 13.0 Å². The van der Waals surface area contributed by atoms with Crippen LogP contribution in [0.5, 0.6) is 0 Å². The third kappa shape index (κ3) is 3.20. The molecular weight excluding hydrogens is 241 g/mol. The zero-order valence-corrected chi connectivity index (χ0v) is 11.7. The molecule has 0 saturated carbocycles. The Kier molecular flexibility index (Phi) is 4.32. The molecule has 1 atom stereocenters. The lowest BCUT2D eigenvalue weighted by molar-refractivity contribution is 0.589. The maximum absolute atomic E-state index is 13.2. The maximum Gasteiger partial charge on any atom is 0.123 e. The van der Waals surface area contributed by atoms with E-state index in [0.29, 0.717) is 0 Å². The molecular formula is C15H20FN3. The van der Waals surface area contributed by atoms with Crippen LogP contribution in [0.25, 0.3) is 0 Å². The third-order valence-electron chi connectivity index (χ3n) is 3.20. The highest BCUT2D eigenvalue weighted by Gasteiger charge is 2.17. The minimum absolute atomic E-state index is 0.0641. The van der Waals surface area contributed by atoms with Gasteiger partial charge in [-0.3, -0.25) is 4.68 Å². The molecule has 0 aliphatic carbocycles. The van der Waals surface area contributed by atoms with Gasteiger partial charge in [-0.2, -0.15) is 5.10 Å². The summed E-state index contributed by atoms with van der Waals surface area (Å²) in [6, 6.07) is 5.01. The quantitative estimate of drug-likeness (QED) is 0.896. The third-order valence-corrected chi connectivity index (χ3v) is 3.20. The van der Waals surface area contributed by atoms with Crippen LogP contribution < -0.4 is 5.32 Å². The molecule has 2 aromatic rings. The van der Waals surface area contributed by atoms with Gasteiger partial charge in [-0.15, -0.1) is 0 Å². The predicted molar refractivity (Wildman–Crippen MR) is 74.5 cm³/mol. The molecule has 0 radical (unpaired) electrons. The maximum atomic E-state index is 13.2. The number of aryl methyl sites for hydroxylation is 2. The minimum atomic E-state index is -0.193. The van der Waals surface area contributed by atoms with Crippen molar-refractivity contribution in [3.05, 3.63) is 53.1 Å². The zero-order valence-electron chi connectivity index (χ0n) is 11.7. The Bertz CT molecular complexity index is 548. The minimum Gasteiger partial charge on any atom is -0.306 e. The summed E-state index contributed by atoms with van der Waals surface area (Å²) in [5.41, 5.74) is 3.16. The van der Waals surface area contributed by atoms with Crippen LogP contribution in [0.15, 0.2) is 30.6 Å². The van der Waals surface area contributed by atoms with Gasteiger partial charge in [0.15, 0.2) is 0 Å². The average molecular weight is 261 g/mol. The largest absolute Gasteiger partial charge is 0.306 e. The Balaban J connectivity index is 2.36. The van der Waals surface area contributed by atoms with Crippen molar-refractivity contribution in [3.8, 4) is 0 Å². The predicted octanol–water partition coefficient (Wildman–Crippen LogP) is 2.96. The van der Waals surface area contributed by atoms with Gasteiger partial charge in [0.25, 0.3) is 0 Å². The fourth-order valence-corrected chi connectivity index (χ4v) is 2.25. The normalized spacial score (nSPS) is 12.6. The highest BCUT2D eigenvalue weighted by Crippen LogP contribution is 2.25. The highest BCUT2D eigenvalue weighted by molar-refractivity contribution is 5.35. The topological polar surface area (TPSA) is 29.9 Å². The first kappa shape index (κ1) is 13.7. The van der Waals surface area contributed by atoms with Gasteiger partial charge in [0.05, 0.1) is 12.2 Å². The van der Waals surface area contributed by atoms with E-state index < -0.39 is 0 Å². The number of hydrogen-bond acceptors (Lipinski definition) is 2. The van der Waals surface area contributed by atoms with E-state index in [-0.39, 0.29) is 11.9 Å². The van der Waals surface area contributed by atoms with Crippen LogP contribution in [0.4, 0.5) is 4.39 Å². The second kappa shape index (κ2) is 5.97. The Labute approximate surface area is 113 Å². The van der Waals surface area contributed by atoms with E-state index in [1.165, 1.54) is 6.07 Å². The number of benzene rings is 1. The summed E-state index contributed by atoms with van der Waals surface area (Å²) in [6.45, 7) is 4.98. The van der Waals surface area contributed by atoms with E-state index in [0.717, 1.165) is 29.7 Å². The average Bonchev–Trinajstić information content (AvgIpc) is 2.78. The van der Waals surface area contributed by atoms with Crippen LogP contribution in [0.3, 0.4) is 0 Å². The second-order valence-electron chi connectivity index (χ2n) is 4.84. The van der Waals surface area contributed by atoms with Gasteiger partial charge < -0.3 is 5.32 Å². The molecule has 0 fully saturated rings. The van der Waals surface area contributed by atoms with Crippen LogP contribution in [-0.4, -0.2) is 16.3 Å². The molecule has 0 aliphatic heterocycles. The summed E-state index contributed by atoms with van der Waals surface area (Å²) in [5, 5.41) is 7.72. The Morgan fingerprint density at radius 1 is 1.42 bits per heavy atom. The lowest BCUT2D eigenvalue weighted by Gasteiger charge is -2.19. The molecule has 2 rings (SSSR count). The first-order chi connectivity index (χ1) is 9.11.